The van der Waals surface area contributed by atoms with Crippen molar-refractivity contribution in [2.24, 2.45) is 11.8 Å². The molecule has 8 heteroatoms. The van der Waals surface area contributed by atoms with Crippen molar-refractivity contribution in [3.05, 3.63) is 35.9 Å². The van der Waals surface area contributed by atoms with Gasteiger partial charge in [-0.1, -0.05) is 30.3 Å². The number of carbonyl (C=O) groups excluding carboxylic acids is 3. The Labute approximate surface area is 187 Å². The van der Waals surface area contributed by atoms with Crippen LogP contribution in [0, 0.1) is 11.8 Å². The first-order chi connectivity index (χ1) is 14.9. The number of nitrogens with one attached hydrogen (secondary N) is 2. The van der Waals surface area contributed by atoms with Gasteiger partial charge in [-0.3, -0.25) is 14.4 Å². The standard InChI is InChI=1S/C23H31N3O4S/c1-14(2)25-21(29)19-23-10-9-16(31-23)17(18(23)22(30)26(19)11-6-12-27)20(28)24-13-15-7-4-3-5-8-15/h3-5,7-8,14,16-19,27H,6,9-13H2,1-2H3,(H,24,28)(H,25,29)/t16-,17+,18+,19?,23?/m1/s1. The van der Waals surface area contributed by atoms with Crippen LogP contribution in [0.2, 0.25) is 0 Å². The Balaban J connectivity index is 1.59. The highest BCUT2D eigenvalue weighted by Gasteiger charge is 2.73. The number of benzene rings is 1. The van der Waals surface area contributed by atoms with Gasteiger partial charge in [0, 0.05) is 31.0 Å². The molecule has 0 radical (unpaired) electrons. The molecule has 31 heavy (non-hydrogen) atoms. The number of carbonyl (C=O) groups is 3. The Morgan fingerprint density at radius 1 is 1.26 bits per heavy atom. The first kappa shape index (κ1) is 22.1. The topological polar surface area (TPSA) is 98.7 Å². The predicted octanol–water partition coefficient (Wildman–Crippen LogP) is 1.30. The Morgan fingerprint density at radius 2 is 2.00 bits per heavy atom. The van der Waals surface area contributed by atoms with E-state index in [1.54, 1.807) is 16.7 Å². The highest BCUT2D eigenvalue weighted by atomic mass is 32.2. The minimum absolute atomic E-state index is 0.0358. The van der Waals surface area contributed by atoms with Gasteiger partial charge in [-0.25, -0.2) is 0 Å². The molecule has 168 valence electrons. The minimum Gasteiger partial charge on any atom is -0.396 e. The zero-order valence-electron chi connectivity index (χ0n) is 18.0. The van der Waals surface area contributed by atoms with E-state index < -0.39 is 22.6 Å². The third-order valence-electron chi connectivity index (χ3n) is 6.65. The van der Waals surface area contributed by atoms with Crippen molar-refractivity contribution in [1.82, 2.24) is 15.5 Å². The van der Waals surface area contributed by atoms with Crippen molar-refractivity contribution < 1.29 is 19.5 Å². The fraction of sp³-hybridized carbons (Fsp3) is 0.609. The summed E-state index contributed by atoms with van der Waals surface area (Å²) in [5.74, 6) is -1.29. The van der Waals surface area contributed by atoms with Gasteiger partial charge in [0.25, 0.3) is 0 Å². The van der Waals surface area contributed by atoms with Crippen LogP contribution >= 0.6 is 11.8 Å². The number of hydrogen-bond acceptors (Lipinski definition) is 5. The van der Waals surface area contributed by atoms with Gasteiger partial charge >= 0.3 is 0 Å². The first-order valence-electron chi connectivity index (χ1n) is 11.1. The molecular weight excluding hydrogens is 414 g/mol. The van der Waals surface area contributed by atoms with Crippen LogP contribution in [-0.2, 0) is 20.9 Å². The highest BCUT2D eigenvalue weighted by Crippen LogP contribution is 2.66. The van der Waals surface area contributed by atoms with Crippen molar-refractivity contribution in [3.63, 3.8) is 0 Å². The minimum atomic E-state index is -0.596. The van der Waals surface area contributed by atoms with Gasteiger partial charge in [0.2, 0.25) is 17.7 Å². The van der Waals surface area contributed by atoms with Crippen LogP contribution in [0.15, 0.2) is 30.3 Å². The Hall–Kier alpha value is -2.06. The molecule has 3 aliphatic rings. The zero-order valence-corrected chi connectivity index (χ0v) is 18.9. The van der Waals surface area contributed by atoms with Crippen molar-refractivity contribution in [3.8, 4) is 0 Å². The number of nitrogens with zero attached hydrogens (tertiary/aromatic N) is 1. The van der Waals surface area contributed by atoms with Crippen LogP contribution < -0.4 is 10.6 Å². The molecule has 0 saturated carbocycles. The number of fused-ring (bicyclic) bond motifs is 1. The predicted molar refractivity (Wildman–Crippen MR) is 119 cm³/mol. The van der Waals surface area contributed by atoms with Gasteiger partial charge in [-0.05, 0) is 38.7 Å². The number of rotatable bonds is 8. The molecule has 2 unspecified atom stereocenters. The fourth-order valence-corrected chi connectivity index (χ4v) is 7.72. The molecule has 4 rings (SSSR count). The average Bonchev–Trinajstić information content (AvgIpc) is 3.38. The molecule has 2 bridgehead atoms. The summed E-state index contributed by atoms with van der Waals surface area (Å²) in [6.45, 7) is 4.51. The summed E-state index contributed by atoms with van der Waals surface area (Å²) in [6, 6.07) is 9.08. The third kappa shape index (κ3) is 3.84. The lowest BCUT2D eigenvalue weighted by Gasteiger charge is -2.34. The summed E-state index contributed by atoms with van der Waals surface area (Å²) in [6.07, 6.45) is 2.00. The van der Waals surface area contributed by atoms with E-state index in [0.29, 0.717) is 19.5 Å². The van der Waals surface area contributed by atoms with Crippen LogP contribution in [0.3, 0.4) is 0 Å². The van der Waals surface area contributed by atoms with Gasteiger partial charge < -0.3 is 20.6 Å². The van der Waals surface area contributed by atoms with Gasteiger partial charge in [0.05, 0.1) is 16.6 Å². The Bertz CT molecular complexity index is 848. The number of likely N-dealkylation sites (tertiary alicyclic amines) is 1. The quantitative estimate of drug-likeness (QED) is 0.560. The second-order valence-corrected chi connectivity index (χ2v) is 10.6. The van der Waals surface area contributed by atoms with E-state index >= 15 is 0 Å². The summed E-state index contributed by atoms with van der Waals surface area (Å²) in [5.41, 5.74) is 1.01. The lowest BCUT2D eigenvalue weighted by molar-refractivity contribution is -0.140. The smallest absolute Gasteiger partial charge is 0.244 e. The van der Waals surface area contributed by atoms with Crippen molar-refractivity contribution in [2.75, 3.05) is 13.2 Å². The monoisotopic (exact) mass is 445 g/mol. The van der Waals surface area contributed by atoms with E-state index in [1.807, 2.05) is 44.2 Å². The normalized spacial score (nSPS) is 31.2. The molecule has 3 aliphatic heterocycles. The zero-order chi connectivity index (χ0) is 22.2. The molecule has 3 saturated heterocycles. The SMILES string of the molecule is CC(C)NC(=O)C1N(CCCO)C(=O)[C@@H]2[C@@H](C(=O)NCc3ccccc3)[C@H]3CCC12S3. The van der Waals surface area contributed by atoms with Crippen LogP contribution in [0.1, 0.15) is 38.7 Å². The van der Waals surface area contributed by atoms with Gasteiger partial charge in [0.1, 0.15) is 6.04 Å². The Morgan fingerprint density at radius 3 is 2.68 bits per heavy atom. The van der Waals surface area contributed by atoms with Crippen molar-refractivity contribution >= 4 is 29.5 Å². The van der Waals surface area contributed by atoms with Gasteiger partial charge in [-0.15, -0.1) is 11.8 Å². The summed E-state index contributed by atoms with van der Waals surface area (Å²) < 4.78 is -0.565. The molecule has 1 aromatic carbocycles. The number of aliphatic hydroxyl groups is 1. The van der Waals surface area contributed by atoms with Crippen molar-refractivity contribution in [1.29, 1.82) is 0 Å². The van der Waals surface area contributed by atoms with Crippen LogP contribution in [0.5, 0.6) is 0 Å². The summed E-state index contributed by atoms with van der Waals surface area (Å²) >= 11 is 1.67. The molecular formula is C23H31N3O4S. The molecule has 1 spiro atoms. The summed E-state index contributed by atoms with van der Waals surface area (Å²) in [4.78, 5) is 41.6. The van der Waals surface area contributed by atoms with E-state index in [4.69, 9.17) is 0 Å². The lowest BCUT2D eigenvalue weighted by Crippen LogP contribution is -2.55. The van der Waals surface area contributed by atoms with E-state index in [9.17, 15) is 19.5 Å². The van der Waals surface area contributed by atoms with Crippen LogP contribution in [-0.4, -0.2) is 63.0 Å². The van der Waals surface area contributed by atoms with Crippen molar-refractivity contribution in [2.45, 2.75) is 61.7 Å². The number of thioether (sulfide) groups is 1. The maximum atomic E-state index is 13.5. The first-order valence-corrected chi connectivity index (χ1v) is 12.0. The lowest BCUT2D eigenvalue weighted by atomic mass is 9.70. The molecule has 3 heterocycles. The molecule has 0 aromatic heterocycles. The highest BCUT2D eigenvalue weighted by molar-refractivity contribution is 8.02. The average molecular weight is 446 g/mol. The van der Waals surface area contributed by atoms with E-state index in [0.717, 1.165) is 18.4 Å². The fourth-order valence-electron chi connectivity index (χ4n) is 5.50. The second kappa shape index (κ2) is 8.82. The van der Waals surface area contributed by atoms with E-state index in [1.165, 1.54) is 0 Å². The maximum Gasteiger partial charge on any atom is 0.244 e. The summed E-state index contributed by atoms with van der Waals surface area (Å²) in [7, 11) is 0. The van der Waals surface area contributed by atoms with Crippen LogP contribution in [0.25, 0.3) is 0 Å². The summed E-state index contributed by atoms with van der Waals surface area (Å²) in [5, 5.41) is 15.4. The number of amides is 3. The van der Waals surface area contributed by atoms with E-state index in [-0.39, 0.29) is 35.6 Å². The second-order valence-electron chi connectivity index (χ2n) is 9.03. The molecule has 3 amide bonds. The molecule has 0 aliphatic carbocycles. The molecule has 3 N–H and O–H groups in total. The Kier molecular flexibility index (Phi) is 6.30. The molecule has 3 fully saturated rings. The maximum absolute atomic E-state index is 13.5. The van der Waals surface area contributed by atoms with Crippen LogP contribution in [0.4, 0.5) is 0 Å². The third-order valence-corrected chi connectivity index (χ3v) is 8.60. The van der Waals surface area contributed by atoms with E-state index in [2.05, 4.69) is 10.6 Å². The van der Waals surface area contributed by atoms with Gasteiger partial charge in [-0.2, -0.15) is 0 Å². The molecule has 5 atom stereocenters. The number of aliphatic hydroxyl groups excluding tert-OH is 1. The molecule has 7 nitrogen and oxygen atoms in total. The largest absolute Gasteiger partial charge is 0.396 e. The van der Waals surface area contributed by atoms with Gasteiger partial charge in [0.15, 0.2) is 0 Å². The molecule has 1 aromatic rings. The number of hydrogen-bond donors (Lipinski definition) is 3.